The van der Waals surface area contributed by atoms with Gasteiger partial charge in [-0.15, -0.1) is 11.3 Å². The van der Waals surface area contributed by atoms with Crippen molar-refractivity contribution in [3.63, 3.8) is 0 Å². The van der Waals surface area contributed by atoms with Gasteiger partial charge >= 0.3 is 5.97 Å². The van der Waals surface area contributed by atoms with E-state index < -0.39 is 5.97 Å². The van der Waals surface area contributed by atoms with Crippen molar-refractivity contribution in [2.75, 3.05) is 0 Å². The summed E-state index contributed by atoms with van der Waals surface area (Å²) in [5.41, 5.74) is 1.10. The maximum Gasteiger partial charge on any atom is 0.337 e. The van der Waals surface area contributed by atoms with E-state index in [0.29, 0.717) is 5.56 Å². The average Bonchev–Trinajstić information content (AvgIpc) is 2.60. The molecule has 0 radical (unpaired) electrons. The van der Waals surface area contributed by atoms with Crippen LogP contribution in [-0.2, 0) is 0 Å². The first-order valence-electron chi connectivity index (χ1n) is 4.78. The zero-order valence-electron chi connectivity index (χ0n) is 8.94. The number of benzene rings is 1. The smallest absolute Gasteiger partial charge is 0.337 e. The van der Waals surface area contributed by atoms with Gasteiger partial charge in [0.1, 0.15) is 0 Å². The third-order valence-corrected chi connectivity index (χ3v) is 2.77. The van der Waals surface area contributed by atoms with Gasteiger partial charge in [-0.3, -0.25) is 0 Å². The van der Waals surface area contributed by atoms with Crippen LogP contribution in [0.3, 0.4) is 0 Å². The molecule has 0 atom stereocenters. The predicted octanol–water partition coefficient (Wildman–Crippen LogP) is 3.33. The van der Waals surface area contributed by atoms with E-state index in [-0.39, 0.29) is 0 Å². The molecule has 0 fully saturated rings. The van der Waals surface area contributed by atoms with E-state index in [4.69, 9.17) is 5.11 Å². The molecule has 80 valence electrons. The molecule has 3 nitrogen and oxygen atoms in total. The number of carbonyl (C=O) groups is 1. The van der Waals surface area contributed by atoms with Crippen LogP contribution in [0.5, 0.6) is 0 Å². The number of carboxylic acid groups (broad SMARTS) is 1. The highest BCUT2D eigenvalue weighted by Crippen LogP contribution is 2.24. The zero-order chi connectivity index (χ0) is 11.4. The topological polar surface area (TPSA) is 50.2 Å². The first kappa shape index (κ1) is 11.7. The largest absolute Gasteiger partial charge is 0.478 e. The molecule has 1 heterocycles. The summed E-state index contributed by atoms with van der Waals surface area (Å²) >= 11 is 1.42. The molecule has 2 rings (SSSR count). The summed E-state index contributed by atoms with van der Waals surface area (Å²) in [4.78, 5) is 15.0. The third kappa shape index (κ3) is 2.33. The second kappa shape index (κ2) is 4.89. The van der Waals surface area contributed by atoms with Crippen molar-refractivity contribution in [2.45, 2.75) is 20.8 Å². The number of nitrogens with zero attached hydrogens (tertiary/aromatic N) is 1. The fourth-order valence-corrected chi connectivity index (χ4v) is 2.15. The Balaban J connectivity index is 0.000000531. The third-order valence-electron chi connectivity index (χ3n) is 1.75. The van der Waals surface area contributed by atoms with Gasteiger partial charge < -0.3 is 5.11 Å². The van der Waals surface area contributed by atoms with Crippen molar-refractivity contribution < 1.29 is 9.90 Å². The summed E-state index contributed by atoms with van der Waals surface area (Å²) in [6, 6.07) is 5.14. The maximum atomic E-state index is 10.8. The molecular formula is C11H13NO2S. The number of thiazole rings is 1. The van der Waals surface area contributed by atoms with Crippen LogP contribution < -0.4 is 0 Å². The van der Waals surface area contributed by atoms with Crippen LogP contribution >= 0.6 is 11.3 Å². The Labute approximate surface area is 92.4 Å². The van der Waals surface area contributed by atoms with Crippen LogP contribution in [-0.4, -0.2) is 16.1 Å². The minimum absolute atomic E-state index is 0.336. The lowest BCUT2D eigenvalue weighted by Gasteiger charge is -1.93. The molecular weight excluding hydrogens is 210 g/mol. The molecule has 0 unspecified atom stereocenters. The van der Waals surface area contributed by atoms with E-state index in [9.17, 15) is 4.79 Å². The fourth-order valence-electron chi connectivity index (χ4n) is 1.23. The van der Waals surface area contributed by atoms with Gasteiger partial charge in [0.05, 0.1) is 20.8 Å². The summed E-state index contributed by atoms with van der Waals surface area (Å²) in [6.45, 7) is 5.87. The van der Waals surface area contributed by atoms with Crippen molar-refractivity contribution in [1.82, 2.24) is 4.98 Å². The van der Waals surface area contributed by atoms with E-state index in [0.717, 1.165) is 15.2 Å². The fraction of sp³-hybridized carbons (Fsp3) is 0.273. The molecule has 0 amide bonds. The second-order valence-corrected chi connectivity index (χ2v) is 3.90. The Morgan fingerprint density at radius 2 is 2.07 bits per heavy atom. The van der Waals surface area contributed by atoms with E-state index in [1.807, 2.05) is 26.8 Å². The lowest BCUT2D eigenvalue weighted by molar-refractivity contribution is 0.0699. The van der Waals surface area contributed by atoms with E-state index in [1.54, 1.807) is 12.1 Å². The Kier molecular flexibility index (Phi) is 3.80. The Morgan fingerprint density at radius 1 is 1.40 bits per heavy atom. The van der Waals surface area contributed by atoms with Crippen LogP contribution in [0.1, 0.15) is 29.2 Å². The Morgan fingerprint density at radius 3 is 2.67 bits per heavy atom. The molecule has 1 aromatic carbocycles. The quantitative estimate of drug-likeness (QED) is 0.806. The van der Waals surface area contributed by atoms with E-state index in [1.165, 1.54) is 11.3 Å². The molecule has 0 aliphatic rings. The molecule has 0 spiro atoms. The first-order valence-corrected chi connectivity index (χ1v) is 5.59. The van der Waals surface area contributed by atoms with Gasteiger partial charge in [0.15, 0.2) is 0 Å². The standard InChI is InChI=1S/C9H7NO2S.C2H6/c1-5-10-7-4-2-3-6(9(11)12)8(7)13-5;1-2/h2-4H,1H3,(H,11,12);1-2H3. The molecule has 2 aromatic rings. The highest BCUT2D eigenvalue weighted by Gasteiger charge is 2.10. The van der Waals surface area contributed by atoms with Gasteiger partial charge in [0.25, 0.3) is 0 Å². The number of aryl methyl sites for hydroxylation is 1. The molecule has 0 saturated heterocycles. The highest BCUT2D eigenvalue weighted by molar-refractivity contribution is 7.18. The van der Waals surface area contributed by atoms with Crippen molar-refractivity contribution in [3.05, 3.63) is 28.8 Å². The number of hydrogen-bond donors (Lipinski definition) is 1. The van der Waals surface area contributed by atoms with E-state index >= 15 is 0 Å². The predicted molar refractivity (Wildman–Crippen MR) is 62.7 cm³/mol. The summed E-state index contributed by atoms with van der Waals surface area (Å²) in [6.07, 6.45) is 0. The van der Waals surface area contributed by atoms with Crippen LogP contribution in [0.15, 0.2) is 18.2 Å². The molecule has 0 saturated carbocycles. The molecule has 0 aliphatic carbocycles. The molecule has 15 heavy (non-hydrogen) atoms. The number of rotatable bonds is 1. The molecule has 1 N–H and O–H groups in total. The number of carboxylic acids is 1. The SMILES string of the molecule is CC.Cc1nc2cccc(C(=O)O)c2s1. The van der Waals surface area contributed by atoms with Crippen molar-refractivity contribution >= 4 is 27.5 Å². The summed E-state index contributed by atoms with van der Waals surface area (Å²) < 4.78 is 0.757. The normalized spacial score (nSPS) is 9.53. The van der Waals surface area contributed by atoms with E-state index in [2.05, 4.69) is 4.98 Å². The van der Waals surface area contributed by atoms with Crippen LogP contribution in [0.4, 0.5) is 0 Å². The van der Waals surface area contributed by atoms with Gasteiger partial charge in [-0.25, -0.2) is 9.78 Å². The van der Waals surface area contributed by atoms with Gasteiger partial charge in [0.2, 0.25) is 0 Å². The second-order valence-electron chi connectivity index (χ2n) is 2.69. The van der Waals surface area contributed by atoms with Gasteiger partial charge in [-0.05, 0) is 19.1 Å². The lowest BCUT2D eigenvalue weighted by atomic mass is 10.2. The Bertz CT molecular complexity index is 476. The summed E-state index contributed by atoms with van der Waals surface area (Å²) in [5, 5.41) is 9.76. The van der Waals surface area contributed by atoms with Crippen molar-refractivity contribution in [1.29, 1.82) is 0 Å². The molecule has 0 bridgehead atoms. The first-order chi connectivity index (χ1) is 7.18. The van der Waals surface area contributed by atoms with Crippen molar-refractivity contribution in [2.24, 2.45) is 0 Å². The monoisotopic (exact) mass is 223 g/mol. The number of aromatic nitrogens is 1. The number of fused-ring (bicyclic) bond motifs is 1. The van der Waals surface area contributed by atoms with Gasteiger partial charge in [-0.1, -0.05) is 19.9 Å². The summed E-state index contributed by atoms with van der Waals surface area (Å²) in [7, 11) is 0. The van der Waals surface area contributed by atoms with Gasteiger partial charge in [0, 0.05) is 0 Å². The average molecular weight is 223 g/mol. The Hall–Kier alpha value is -1.42. The van der Waals surface area contributed by atoms with Crippen molar-refractivity contribution in [3.8, 4) is 0 Å². The lowest BCUT2D eigenvalue weighted by Crippen LogP contribution is -1.95. The number of aromatic carboxylic acids is 1. The number of hydrogen-bond acceptors (Lipinski definition) is 3. The van der Waals surface area contributed by atoms with Crippen LogP contribution in [0.2, 0.25) is 0 Å². The highest BCUT2D eigenvalue weighted by atomic mass is 32.1. The minimum Gasteiger partial charge on any atom is -0.478 e. The van der Waals surface area contributed by atoms with Crippen LogP contribution in [0.25, 0.3) is 10.2 Å². The maximum absolute atomic E-state index is 10.8. The van der Waals surface area contributed by atoms with Crippen LogP contribution in [0, 0.1) is 6.92 Å². The molecule has 4 heteroatoms. The molecule has 0 aliphatic heterocycles. The molecule has 1 aromatic heterocycles. The zero-order valence-corrected chi connectivity index (χ0v) is 9.76. The minimum atomic E-state index is -0.894. The van der Waals surface area contributed by atoms with Gasteiger partial charge in [-0.2, -0.15) is 0 Å². The summed E-state index contributed by atoms with van der Waals surface area (Å²) in [5.74, 6) is -0.894.